The van der Waals surface area contributed by atoms with Gasteiger partial charge in [-0.25, -0.2) is 0 Å². The molecule has 0 spiro atoms. The predicted molar refractivity (Wildman–Crippen MR) is 56.7 cm³/mol. The maximum absolute atomic E-state index is 9.40. The minimum atomic E-state index is 0.177. The smallest absolute Gasteiger partial charge is 0.160 e. The van der Waals surface area contributed by atoms with Gasteiger partial charge in [0.05, 0.1) is 7.11 Å². The number of benzene rings is 1. The van der Waals surface area contributed by atoms with Gasteiger partial charge in [-0.2, -0.15) is 0 Å². The van der Waals surface area contributed by atoms with Crippen molar-refractivity contribution in [3.05, 3.63) is 23.8 Å². The lowest BCUT2D eigenvalue weighted by Crippen LogP contribution is -2.04. The summed E-state index contributed by atoms with van der Waals surface area (Å²) in [5.74, 6) is 1.09. The fraction of sp³-hybridized carbons (Fsp3) is 0.455. The maximum atomic E-state index is 9.40. The van der Waals surface area contributed by atoms with Crippen LogP contribution in [0.2, 0.25) is 0 Å². The first-order chi connectivity index (χ1) is 6.69. The highest BCUT2D eigenvalue weighted by Gasteiger charge is 2.08. The van der Waals surface area contributed by atoms with Gasteiger partial charge >= 0.3 is 0 Å². The molecule has 0 fully saturated rings. The average Bonchev–Trinajstić information content (AvgIpc) is 2.19. The summed E-state index contributed by atoms with van der Waals surface area (Å²) in [6.07, 6.45) is 0.938. The van der Waals surface area contributed by atoms with Crippen LogP contribution < -0.4 is 10.5 Å². The Labute approximate surface area is 84.5 Å². The molecule has 0 saturated heterocycles. The lowest BCUT2D eigenvalue weighted by molar-refractivity contribution is 0.372. The van der Waals surface area contributed by atoms with E-state index in [-0.39, 0.29) is 5.75 Å². The van der Waals surface area contributed by atoms with E-state index in [1.165, 1.54) is 0 Å². The van der Waals surface area contributed by atoms with Gasteiger partial charge in [-0.1, -0.05) is 13.0 Å². The second kappa shape index (κ2) is 4.86. The van der Waals surface area contributed by atoms with Gasteiger partial charge < -0.3 is 15.6 Å². The van der Waals surface area contributed by atoms with Crippen LogP contribution in [0.4, 0.5) is 0 Å². The van der Waals surface area contributed by atoms with E-state index in [4.69, 9.17) is 10.5 Å². The Morgan fingerprint density at radius 3 is 2.79 bits per heavy atom. The van der Waals surface area contributed by atoms with Crippen molar-refractivity contribution in [2.24, 2.45) is 5.73 Å². The van der Waals surface area contributed by atoms with Gasteiger partial charge in [-0.05, 0) is 36.6 Å². The molecule has 1 atom stereocenters. The van der Waals surface area contributed by atoms with Crippen molar-refractivity contribution >= 4 is 0 Å². The van der Waals surface area contributed by atoms with Crippen molar-refractivity contribution in [3.8, 4) is 11.5 Å². The third kappa shape index (κ3) is 2.39. The SMILES string of the molecule is COc1cc([C@@H](C)CCN)ccc1O. The Hall–Kier alpha value is -1.22. The highest BCUT2D eigenvalue weighted by atomic mass is 16.5. The molecule has 3 heteroatoms. The van der Waals surface area contributed by atoms with Crippen molar-refractivity contribution in [2.75, 3.05) is 13.7 Å². The molecule has 1 aromatic carbocycles. The van der Waals surface area contributed by atoms with E-state index in [0.717, 1.165) is 12.0 Å². The van der Waals surface area contributed by atoms with Gasteiger partial charge in [0.2, 0.25) is 0 Å². The topological polar surface area (TPSA) is 55.5 Å². The molecule has 0 unspecified atom stereocenters. The number of hydrogen-bond donors (Lipinski definition) is 2. The molecule has 1 aromatic rings. The Balaban J connectivity index is 2.88. The number of aromatic hydroxyl groups is 1. The number of phenols is 1. The summed E-state index contributed by atoms with van der Waals surface area (Å²) in [6, 6.07) is 5.41. The molecule has 0 aliphatic rings. The number of methoxy groups -OCH3 is 1. The summed E-state index contributed by atoms with van der Waals surface area (Å²) in [4.78, 5) is 0. The van der Waals surface area contributed by atoms with E-state index in [2.05, 4.69) is 6.92 Å². The van der Waals surface area contributed by atoms with Crippen molar-refractivity contribution < 1.29 is 9.84 Å². The molecule has 1 rings (SSSR count). The van der Waals surface area contributed by atoms with E-state index >= 15 is 0 Å². The zero-order chi connectivity index (χ0) is 10.6. The fourth-order valence-electron chi connectivity index (χ4n) is 1.42. The maximum Gasteiger partial charge on any atom is 0.160 e. The van der Waals surface area contributed by atoms with Crippen molar-refractivity contribution in [1.82, 2.24) is 0 Å². The number of rotatable bonds is 4. The Morgan fingerprint density at radius 2 is 2.21 bits per heavy atom. The molecule has 14 heavy (non-hydrogen) atoms. The highest BCUT2D eigenvalue weighted by Crippen LogP contribution is 2.30. The number of phenolic OH excluding ortho intramolecular Hbond substituents is 1. The minimum absolute atomic E-state index is 0.177. The Bertz CT molecular complexity index is 299. The first-order valence-corrected chi connectivity index (χ1v) is 4.76. The molecule has 3 N–H and O–H groups in total. The number of nitrogens with two attached hydrogens (primary N) is 1. The van der Waals surface area contributed by atoms with Crippen LogP contribution in [-0.4, -0.2) is 18.8 Å². The van der Waals surface area contributed by atoms with Gasteiger partial charge in [0.25, 0.3) is 0 Å². The predicted octanol–water partition coefficient (Wildman–Crippen LogP) is 1.85. The van der Waals surface area contributed by atoms with Crippen LogP contribution in [-0.2, 0) is 0 Å². The van der Waals surface area contributed by atoms with E-state index in [9.17, 15) is 5.11 Å². The molecular formula is C11H17NO2. The Kier molecular flexibility index (Phi) is 3.77. The van der Waals surface area contributed by atoms with Crippen LogP contribution >= 0.6 is 0 Å². The van der Waals surface area contributed by atoms with Gasteiger partial charge in [0, 0.05) is 0 Å². The molecule has 0 aromatic heterocycles. The summed E-state index contributed by atoms with van der Waals surface area (Å²) in [5, 5.41) is 9.40. The number of hydrogen-bond acceptors (Lipinski definition) is 3. The third-order valence-corrected chi connectivity index (χ3v) is 2.37. The van der Waals surface area contributed by atoms with Crippen LogP contribution in [0.5, 0.6) is 11.5 Å². The normalized spacial score (nSPS) is 12.5. The molecule has 0 radical (unpaired) electrons. The molecular weight excluding hydrogens is 178 g/mol. The van der Waals surface area contributed by atoms with Crippen molar-refractivity contribution in [1.29, 1.82) is 0 Å². The van der Waals surface area contributed by atoms with Crippen LogP contribution in [0.3, 0.4) is 0 Å². The van der Waals surface area contributed by atoms with Crippen molar-refractivity contribution in [3.63, 3.8) is 0 Å². The van der Waals surface area contributed by atoms with Crippen LogP contribution in [0, 0.1) is 0 Å². The molecule has 78 valence electrons. The lowest BCUT2D eigenvalue weighted by Gasteiger charge is -2.12. The quantitative estimate of drug-likeness (QED) is 0.771. The van der Waals surface area contributed by atoms with Gasteiger partial charge in [-0.15, -0.1) is 0 Å². The zero-order valence-electron chi connectivity index (χ0n) is 8.66. The van der Waals surface area contributed by atoms with Gasteiger partial charge in [-0.3, -0.25) is 0 Å². The average molecular weight is 195 g/mol. The van der Waals surface area contributed by atoms with Crippen LogP contribution in [0.15, 0.2) is 18.2 Å². The van der Waals surface area contributed by atoms with E-state index < -0.39 is 0 Å². The summed E-state index contributed by atoms with van der Waals surface area (Å²) in [7, 11) is 1.55. The molecule has 0 heterocycles. The van der Waals surface area contributed by atoms with Crippen molar-refractivity contribution in [2.45, 2.75) is 19.3 Å². The highest BCUT2D eigenvalue weighted by molar-refractivity contribution is 5.42. The van der Waals surface area contributed by atoms with E-state index in [0.29, 0.717) is 18.2 Å². The van der Waals surface area contributed by atoms with Gasteiger partial charge in [0.15, 0.2) is 11.5 Å². The summed E-state index contributed by atoms with van der Waals surface area (Å²) < 4.78 is 5.03. The largest absolute Gasteiger partial charge is 0.504 e. The molecule has 0 amide bonds. The van der Waals surface area contributed by atoms with Gasteiger partial charge in [0.1, 0.15) is 0 Å². The summed E-state index contributed by atoms with van der Waals surface area (Å²) >= 11 is 0. The first kappa shape index (κ1) is 10.9. The molecule has 0 saturated carbocycles. The number of ether oxygens (including phenoxy) is 1. The third-order valence-electron chi connectivity index (χ3n) is 2.37. The first-order valence-electron chi connectivity index (χ1n) is 4.76. The second-order valence-corrected chi connectivity index (χ2v) is 3.41. The summed E-state index contributed by atoms with van der Waals surface area (Å²) in [5.41, 5.74) is 6.63. The van der Waals surface area contributed by atoms with Crippen LogP contribution in [0.1, 0.15) is 24.8 Å². The van der Waals surface area contributed by atoms with E-state index in [1.54, 1.807) is 13.2 Å². The molecule has 0 aliphatic carbocycles. The molecule has 0 aliphatic heterocycles. The zero-order valence-corrected chi connectivity index (χ0v) is 8.66. The monoisotopic (exact) mass is 195 g/mol. The minimum Gasteiger partial charge on any atom is -0.504 e. The molecule has 0 bridgehead atoms. The van der Waals surface area contributed by atoms with E-state index in [1.807, 2.05) is 12.1 Å². The summed E-state index contributed by atoms with van der Waals surface area (Å²) in [6.45, 7) is 2.78. The second-order valence-electron chi connectivity index (χ2n) is 3.41. The van der Waals surface area contributed by atoms with Crippen LogP contribution in [0.25, 0.3) is 0 Å². The fourth-order valence-corrected chi connectivity index (χ4v) is 1.42. The Morgan fingerprint density at radius 1 is 1.50 bits per heavy atom. The molecule has 3 nitrogen and oxygen atoms in total. The lowest BCUT2D eigenvalue weighted by atomic mass is 9.97. The standard InChI is InChI=1S/C11H17NO2/c1-8(5-6-12)9-3-4-10(13)11(7-9)14-2/h3-4,7-8,13H,5-6,12H2,1-2H3/t8-/m0/s1.